The fraction of sp³-hybridized carbons (Fsp3) is 0.273. The number of hydrogen-bond acceptors (Lipinski definition) is 3. The molecule has 0 heterocycles. The fourth-order valence-electron chi connectivity index (χ4n) is 1.47. The van der Waals surface area contributed by atoms with Crippen LogP contribution < -0.4 is 15.8 Å². The Bertz CT molecular complexity index is 495. The molecule has 18 heavy (non-hydrogen) atoms. The summed E-state index contributed by atoms with van der Waals surface area (Å²) in [4.78, 5) is 22.7. The monoisotopic (exact) mass is 288 g/mol. The summed E-state index contributed by atoms with van der Waals surface area (Å²) in [6.07, 6.45) is 0.284. The van der Waals surface area contributed by atoms with Crippen LogP contribution in [0.15, 0.2) is 18.2 Å². The quantitative estimate of drug-likeness (QED) is 0.894. The molecule has 1 fully saturated rings. The summed E-state index contributed by atoms with van der Waals surface area (Å²) >= 11 is 11.5. The Labute approximate surface area is 113 Å². The molecule has 0 atom stereocenters. The third-order valence-electron chi connectivity index (χ3n) is 2.61. The normalized spacial score (nSPS) is 15.9. The van der Waals surface area contributed by atoms with Gasteiger partial charge in [-0.2, -0.15) is 0 Å². The zero-order chi connectivity index (χ0) is 13.3. The van der Waals surface area contributed by atoms with Gasteiger partial charge < -0.3 is 15.8 Å². The van der Waals surface area contributed by atoms with Crippen LogP contribution in [0.1, 0.15) is 12.8 Å². The molecule has 7 heteroatoms. The molecule has 96 valence electrons. The molecule has 0 unspecified atom stereocenters. The van der Waals surface area contributed by atoms with Crippen molar-refractivity contribution in [3.63, 3.8) is 0 Å². The van der Waals surface area contributed by atoms with Crippen LogP contribution >= 0.6 is 23.2 Å². The van der Waals surface area contributed by atoms with Crippen LogP contribution in [0.4, 0.5) is 4.79 Å². The molecule has 0 aromatic heterocycles. The van der Waals surface area contributed by atoms with Crippen molar-refractivity contribution in [2.45, 2.75) is 18.4 Å². The van der Waals surface area contributed by atoms with E-state index in [0.29, 0.717) is 22.9 Å². The third-order valence-corrected chi connectivity index (χ3v) is 3.05. The minimum absolute atomic E-state index is 0.199. The number of halogens is 2. The van der Waals surface area contributed by atoms with E-state index in [0.717, 1.165) is 0 Å². The van der Waals surface area contributed by atoms with E-state index in [1.54, 1.807) is 0 Å². The van der Waals surface area contributed by atoms with Crippen LogP contribution in [-0.4, -0.2) is 17.5 Å². The van der Waals surface area contributed by atoms with Gasteiger partial charge in [0.15, 0.2) is 0 Å². The zero-order valence-corrected chi connectivity index (χ0v) is 10.7. The molecule has 3 N–H and O–H groups in total. The SMILES string of the molecule is NC(=O)C1(NC(=O)Oc2cc(Cl)cc(Cl)c2)CC1. The number of carbonyl (C=O) groups excluding carboxylic acids is 2. The van der Waals surface area contributed by atoms with Gasteiger partial charge >= 0.3 is 6.09 Å². The van der Waals surface area contributed by atoms with Crippen LogP contribution in [0.3, 0.4) is 0 Å². The van der Waals surface area contributed by atoms with Gasteiger partial charge in [0.1, 0.15) is 11.3 Å². The Hall–Kier alpha value is -1.46. The van der Waals surface area contributed by atoms with E-state index in [-0.39, 0.29) is 5.75 Å². The summed E-state index contributed by atoms with van der Waals surface area (Å²) in [5.41, 5.74) is 4.21. The number of nitrogens with two attached hydrogens (primary N) is 1. The van der Waals surface area contributed by atoms with E-state index < -0.39 is 17.5 Å². The molecule has 1 aliphatic rings. The molecule has 1 saturated carbocycles. The van der Waals surface area contributed by atoms with Gasteiger partial charge in [0.2, 0.25) is 5.91 Å². The van der Waals surface area contributed by atoms with Gasteiger partial charge in [-0.25, -0.2) is 4.79 Å². The maximum Gasteiger partial charge on any atom is 0.413 e. The standard InChI is InChI=1S/C11H10Cl2N2O3/c12-6-3-7(13)5-8(4-6)18-10(17)15-11(1-2-11)9(14)16/h3-5H,1-2H2,(H2,14,16)(H,15,17). The van der Waals surface area contributed by atoms with Crippen molar-refractivity contribution in [1.29, 1.82) is 0 Å². The maximum atomic E-state index is 11.6. The van der Waals surface area contributed by atoms with Gasteiger partial charge in [-0.3, -0.25) is 4.79 Å². The van der Waals surface area contributed by atoms with Gasteiger partial charge in [0, 0.05) is 10.0 Å². The lowest BCUT2D eigenvalue weighted by atomic mass is 10.3. The number of nitrogens with one attached hydrogen (secondary N) is 1. The molecule has 0 bridgehead atoms. The van der Waals surface area contributed by atoms with E-state index >= 15 is 0 Å². The third kappa shape index (κ3) is 2.86. The van der Waals surface area contributed by atoms with E-state index in [2.05, 4.69) is 5.32 Å². The molecule has 0 aliphatic heterocycles. The van der Waals surface area contributed by atoms with Crippen LogP contribution in [0.5, 0.6) is 5.75 Å². The second-order valence-corrected chi connectivity index (χ2v) is 4.94. The minimum Gasteiger partial charge on any atom is -0.410 e. The molecule has 1 aromatic rings. The summed E-state index contributed by atoms with van der Waals surface area (Å²) in [6.45, 7) is 0. The summed E-state index contributed by atoms with van der Waals surface area (Å²) in [6, 6.07) is 4.40. The Morgan fingerprint density at radius 3 is 2.22 bits per heavy atom. The minimum atomic E-state index is -0.959. The first kappa shape index (κ1) is 13.0. The van der Waals surface area contributed by atoms with Crippen molar-refractivity contribution < 1.29 is 14.3 Å². The van der Waals surface area contributed by atoms with Crippen molar-refractivity contribution in [2.24, 2.45) is 5.73 Å². The molecule has 0 saturated heterocycles. The van der Waals surface area contributed by atoms with Gasteiger partial charge in [0.25, 0.3) is 0 Å². The highest BCUT2D eigenvalue weighted by atomic mass is 35.5. The number of benzene rings is 1. The van der Waals surface area contributed by atoms with Crippen molar-refractivity contribution in [3.05, 3.63) is 28.2 Å². The van der Waals surface area contributed by atoms with Crippen LogP contribution in [0.25, 0.3) is 0 Å². The Kier molecular flexibility index (Phi) is 3.36. The highest BCUT2D eigenvalue weighted by molar-refractivity contribution is 6.34. The van der Waals surface area contributed by atoms with E-state index in [4.69, 9.17) is 33.7 Å². The van der Waals surface area contributed by atoms with Crippen LogP contribution in [0.2, 0.25) is 10.0 Å². The van der Waals surface area contributed by atoms with Gasteiger partial charge in [-0.15, -0.1) is 0 Å². The Balaban J connectivity index is 2.01. The van der Waals surface area contributed by atoms with Crippen molar-refractivity contribution in [3.8, 4) is 5.75 Å². The molecule has 5 nitrogen and oxygen atoms in total. The Morgan fingerprint density at radius 1 is 1.22 bits per heavy atom. The first-order valence-corrected chi connectivity index (χ1v) is 5.93. The number of carbonyl (C=O) groups is 2. The molecular formula is C11H10Cl2N2O3. The summed E-state index contributed by atoms with van der Waals surface area (Å²) < 4.78 is 4.98. The average Bonchev–Trinajstić information content (AvgIpc) is 2.96. The number of primary amides is 1. The topological polar surface area (TPSA) is 81.4 Å². The highest BCUT2D eigenvalue weighted by Gasteiger charge is 2.50. The van der Waals surface area contributed by atoms with Crippen LogP contribution in [0, 0.1) is 0 Å². The number of hydrogen-bond donors (Lipinski definition) is 2. The smallest absolute Gasteiger partial charge is 0.410 e. The molecule has 1 aromatic carbocycles. The largest absolute Gasteiger partial charge is 0.413 e. The molecule has 1 aliphatic carbocycles. The molecule has 0 spiro atoms. The first-order valence-electron chi connectivity index (χ1n) is 5.17. The lowest BCUT2D eigenvalue weighted by molar-refractivity contribution is -0.120. The van der Waals surface area contributed by atoms with Crippen molar-refractivity contribution in [2.75, 3.05) is 0 Å². The lowest BCUT2D eigenvalue weighted by Crippen LogP contribution is -2.47. The number of ether oxygens (including phenoxy) is 1. The molecular weight excluding hydrogens is 279 g/mol. The predicted molar refractivity (Wildman–Crippen MR) is 66.8 cm³/mol. The van der Waals surface area contributed by atoms with Crippen LogP contribution in [-0.2, 0) is 4.79 Å². The van der Waals surface area contributed by atoms with E-state index in [1.807, 2.05) is 0 Å². The van der Waals surface area contributed by atoms with Crippen molar-refractivity contribution >= 4 is 35.2 Å². The summed E-state index contributed by atoms with van der Waals surface area (Å²) in [5, 5.41) is 3.13. The molecule has 2 amide bonds. The Morgan fingerprint density at radius 2 is 1.78 bits per heavy atom. The molecule has 0 radical (unpaired) electrons. The van der Waals surface area contributed by atoms with Gasteiger partial charge in [-0.05, 0) is 31.0 Å². The summed E-state index contributed by atoms with van der Waals surface area (Å²) in [7, 11) is 0. The maximum absolute atomic E-state index is 11.6. The first-order chi connectivity index (χ1) is 8.41. The van der Waals surface area contributed by atoms with Gasteiger partial charge in [0.05, 0.1) is 0 Å². The van der Waals surface area contributed by atoms with Crippen molar-refractivity contribution in [1.82, 2.24) is 5.32 Å². The second-order valence-electron chi connectivity index (χ2n) is 4.07. The zero-order valence-electron chi connectivity index (χ0n) is 9.20. The van der Waals surface area contributed by atoms with E-state index in [1.165, 1.54) is 18.2 Å². The number of amides is 2. The predicted octanol–water partition coefficient (Wildman–Crippen LogP) is 2.10. The van der Waals surface area contributed by atoms with E-state index in [9.17, 15) is 9.59 Å². The lowest BCUT2D eigenvalue weighted by Gasteiger charge is -2.13. The highest BCUT2D eigenvalue weighted by Crippen LogP contribution is 2.35. The number of rotatable bonds is 3. The molecule has 2 rings (SSSR count). The summed E-state index contributed by atoms with van der Waals surface area (Å²) in [5.74, 6) is -0.367. The average molecular weight is 289 g/mol. The fourth-order valence-corrected chi connectivity index (χ4v) is 1.98. The second kappa shape index (κ2) is 4.66. The van der Waals surface area contributed by atoms with Gasteiger partial charge in [-0.1, -0.05) is 23.2 Å².